The Bertz CT molecular complexity index is 959. The first-order chi connectivity index (χ1) is 12.2. The number of halogens is 1. The molecule has 2 unspecified atom stereocenters. The van der Waals surface area contributed by atoms with Gasteiger partial charge in [-0.05, 0) is 55.7 Å². The van der Waals surface area contributed by atoms with Crippen LogP contribution in [0.3, 0.4) is 0 Å². The van der Waals surface area contributed by atoms with E-state index < -0.39 is 16.1 Å². The van der Waals surface area contributed by atoms with E-state index in [1.165, 1.54) is 13.0 Å². The molecule has 0 radical (unpaired) electrons. The number of nitrogens with zero attached hydrogens (tertiary/aromatic N) is 1. The molecule has 1 aliphatic heterocycles. The van der Waals surface area contributed by atoms with Gasteiger partial charge in [0.25, 0.3) is 0 Å². The summed E-state index contributed by atoms with van der Waals surface area (Å²) in [4.78, 5) is 13.7. The second kappa shape index (κ2) is 7.02. The molecule has 2 atom stereocenters. The van der Waals surface area contributed by atoms with Crippen LogP contribution < -0.4 is 9.62 Å². The number of nitrogens with one attached hydrogen (secondary N) is 1. The maximum absolute atomic E-state index is 12.8. The lowest BCUT2D eigenvalue weighted by atomic mass is 10.1. The molecule has 0 bridgehead atoms. The van der Waals surface area contributed by atoms with Crippen molar-refractivity contribution in [3.63, 3.8) is 0 Å². The molecule has 2 aromatic carbocycles. The van der Waals surface area contributed by atoms with E-state index in [-0.39, 0.29) is 16.8 Å². The largest absolute Gasteiger partial charge is 0.309 e. The maximum Gasteiger partial charge on any atom is 0.241 e. The highest BCUT2D eigenvalue weighted by molar-refractivity contribution is 7.89. The Morgan fingerprint density at radius 3 is 2.62 bits per heavy atom. The zero-order valence-electron chi connectivity index (χ0n) is 14.9. The van der Waals surface area contributed by atoms with Crippen LogP contribution in [0, 0.1) is 0 Å². The van der Waals surface area contributed by atoms with Crippen molar-refractivity contribution in [1.29, 1.82) is 0 Å². The molecule has 1 heterocycles. The number of anilines is 1. The van der Waals surface area contributed by atoms with Gasteiger partial charge in [-0.2, -0.15) is 0 Å². The molecule has 1 aliphatic rings. The van der Waals surface area contributed by atoms with Gasteiger partial charge in [0.05, 0.1) is 4.90 Å². The summed E-state index contributed by atoms with van der Waals surface area (Å²) in [6, 6.07) is 11.6. The Labute approximate surface area is 159 Å². The van der Waals surface area contributed by atoms with Gasteiger partial charge in [0.15, 0.2) is 0 Å². The molecule has 0 saturated carbocycles. The van der Waals surface area contributed by atoms with Crippen molar-refractivity contribution >= 4 is 33.2 Å². The summed E-state index contributed by atoms with van der Waals surface area (Å²) < 4.78 is 28.3. The minimum absolute atomic E-state index is 0.0236. The van der Waals surface area contributed by atoms with Crippen molar-refractivity contribution in [3.05, 3.63) is 58.6 Å². The number of amides is 1. The zero-order chi connectivity index (χ0) is 19.1. The molecule has 0 aliphatic carbocycles. The monoisotopic (exact) mass is 392 g/mol. The van der Waals surface area contributed by atoms with Crippen molar-refractivity contribution < 1.29 is 13.2 Å². The number of sulfonamides is 1. The molecule has 5 nitrogen and oxygen atoms in total. The lowest BCUT2D eigenvalue weighted by Crippen LogP contribution is -2.33. The van der Waals surface area contributed by atoms with E-state index in [4.69, 9.17) is 11.6 Å². The maximum atomic E-state index is 12.8. The lowest BCUT2D eigenvalue weighted by molar-refractivity contribution is -0.116. The Kier molecular flexibility index (Phi) is 5.10. The van der Waals surface area contributed by atoms with Gasteiger partial charge in [-0.25, -0.2) is 13.1 Å². The van der Waals surface area contributed by atoms with Gasteiger partial charge >= 0.3 is 0 Å². The van der Waals surface area contributed by atoms with E-state index in [9.17, 15) is 13.2 Å². The number of benzene rings is 2. The highest BCUT2D eigenvalue weighted by Crippen LogP contribution is 2.34. The van der Waals surface area contributed by atoms with Crippen LogP contribution in [0.5, 0.6) is 0 Å². The van der Waals surface area contributed by atoms with Crippen LogP contribution in [-0.2, 0) is 21.2 Å². The van der Waals surface area contributed by atoms with Crippen molar-refractivity contribution in [1.82, 2.24) is 4.72 Å². The molecular weight excluding hydrogens is 372 g/mol. The fraction of sp³-hybridized carbons (Fsp3) is 0.316. The highest BCUT2D eigenvalue weighted by Gasteiger charge is 2.30. The Morgan fingerprint density at radius 2 is 1.96 bits per heavy atom. The third-order valence-electron chi connectivity index (χ3n) is 4.62. The van der Waals surface area contributed by atoms with Gasteiger partial charge in [0.2, 0.25) is 15.9 Å². The van der Waals surface area contributed by atoms with Gasteiger partial charge in [-0.1, -0.05) is 29.8 Å². The van der Waals surface area contributed by atoms with Gasteiger partial charge in [0, 0.05) is 29.7 Å². The summed E-state index contributed by atoms with van der Waals surface area (Å²) in [7, 11) is -3.71. The fourth-order valence-corrected chi connectivity index (χ4v) is 5.02. The average molecular weight is 393 g/mol. The average Bonchev–Trinajstić information content (AvgIpc) is 2.89. The van der Waals surface area contributed by atoms with Crippen LogP contribution in [0.25, 0.3) is 0 Å². The fourth-order valence-electron chi connectivity index (χ4n) is 3.45. The van der Waals surface area contributed by atoms with Crippen LogP contribution in [0.1, 0.15) is 37.9 Å². The quantitative estimate of drug-likeness (QED) is 0.863. The predicted octanol–water partition coefficient (Wildman–Crippen LogP) is 3.68. The summed E-state index contributed by atoms with van der Waals surface area (Å²) >= 11 is 6.16. The zero-order valence-corrected chi connectivity index (χ0v) is 16.4. The van der Waals surface area contributed by atoms with Crippen molar-refractivity contribution in [2.24, 2.45) is 0 Å². The summed E-state index contributed by atoms with van der Waals surface area (Å²) in [5.74, 6) is -0.0441. The summed E-state index contributed by atoms with van der Waals surface area (Å²) in [6.07, 6.45) is 0.637. The number of carbonyl (C=O) groups is 1. The Morgan fingerprint density at radius 1 is 1.27 bits per heavy atom. The van der Waals surface area contributed by atoms with Gasteiger partial charge in [-0.15, -0.1) is 0 Å². The Hall–Kier alpha value is -1.89. The van der Waals surface area contributed by atoms with Crippen molar-refractivity contribution in [2.75, 3.05) is 4.90 Å². The first kappa shape index (κ1) is 18.9. The minimum Gasteiger partial charge on any atom is -0.309 e. The lowest BCUT2D eigenvalue weighted by Gasteiger charge is -2.20. The molecule has 0 saturated heterocycles. The number of fused-ring (bicyclic) bond motifs is 1. The van der Waals surface area contributed by atoms with Gasteiger partial charge in [0.1, 0.15) is 0 Å². The molecule has 0 aromatic heterocycles. The second-order valence-corrected chi connectivity index (χ2v) is 8.72. The molecule has 0 fully saturated rings. The van der Waals surface area contributed by atoms with Crippen molar-refractivity contribution in [2.45, 2.75) is 44.2 Å². The van der Waals surface area contributed by atoms with Crippen LogP contribution >= 0.6 is 11.6 Å². The van der Waals surface area contributed by atoms with E-state index >= 15 is 0 Å². The number of hydrogen-bond donors (Lipinski definition) is 1. The minimum atomic E-state index is -3.71. The second-order valence-electron chi connectivity index (χ2n) is 6.60. The number of carbonyl (C=O) groups excluding carboxylic acids is 1. The van der Waals surface area contributed by atoms with E-state index in [0.29, 0.717) is 11.4 Å². The summed E-state index contributed by atoms with van der Waals surface area (Å²) in [5, 5.41) is 0.516. The molecule has 138 valence electrons. The first-order valence-corrected chi connectivity index (χ1v) is 10.3. The molecule has 1 N–H and O–H groups in total. The molecule has 3 rings (SSSR count). The van der Waals surface area contributed by atoms with Crippen molar-refractivity contribution in [3.8, 4) is 0 Å². The molecule has 1 amide bonds. The van der Waals surface area contributed by atoms with Gasteiger partial charge < -0.3 is 4.90 Å². The third-order valence-corrected chi connectivity index (χ3v) is 6.50. The SMILES string of the molecule is CC(=O)N1c2ccc(S(=O)(=O)NC(C)c3ccccc3Cl)cc2CC1C. The normalized spacial score (nSPS) is 17.8. The molecule has 0 spiro atoms. The van der Waals surface area contributed by atoms with E-state index in [1.54, 1.807) is 42.2 Å². The molecule has 26 heavy (non-hydrogen) atoms. The van der Waals surface area contributed by atoms with E-state index in [1.807, 2.05) is 13.0 Å². The first-order valence-electron chi connectivity index (χ1n) is 8.40. The van der Waals surface area contributed by atoms with E-state index in [0.717, 1.165) is 16.8 Å². The van der Waals surface area contributed by atoms with Crippen LogP contribution in [0.15, 0.2) is 47.4 Å². The summed E-state index contributed by atoms with van der Waals surface area (Å²) in [6.45, 7) is 5.22. The topological polar surface area (TPSA) is 66.5 Å². The standard InChI is InChI=1S/C19H21ClN2O3S/c1-12-10-15-11-16(8-9-19(15)22(12)14(3)23)26(24,25)21-13(2)17-6-4-5-7-18(17)20/h4-9,11-13,21H,10H2,1-3H3. The van der Waals surface area contributed by atoms with Crippen LogP contribution in [-0.4, -0.2) is 20.4 Å². The van der Waals surface area contributed by atoms with Crippen LogP contribution in [0.2, 0.25) is 5.02 Å². The molecular formula is C19H21ClN2O3S. The van der Waals surface area contributed by atoms with Gasteiger partial charge in [-0.3, -0.25) is 4.79 Å². The smallest absolute Gasteiger partial charge is 0.241 e. The predicted molar refractivity (Wildman–Crippen MR) is 103 cm³/mol. The summed E-state index contributed by atoms with van der Waals surface area (Å²) in [5.41, 5.74) is 2.36. The molecule has 7 heteroatoms. The third kappa shape index (κ3) is 3.49. The van der Waals surface area contributed by atoms with Crippen LogP contribution in [0.4, 0.5) is 5.69 Å². The number of hydrogen-bond acceptors (Lipinski definition) is 3. The Balaban J connectivity index is 1.89. The molecule has 2 aromatic rings. The number of rotatable bonds is 4. The van der Waals surface area contributed by atoms with E-state index in [2.05, 4.69) is 4.72 Å². The highest BCUT2D eigenvalue weighted by atomic mass is 35.5.